The zero-order chi connectivity index (χ0) is 95.8. The van der Waals surface area contributed by atoms with Crippen LogP contribution < -0.4 is 25.7 Å². The summed E-state index contributed by atoms with van der Waals surface area (Å²) in [5, 5.41) is 85.8. The number of fused-ring (bicyclic) bond motifs is 19. The Kier molecular flexibility index (Phi) is 24.8. The van der Waals surface area contributed by atoms with E-state index in [-0.39, 0.29) is 54.9 Å². The summed E-state index contributed by atoms with van der Waals surface area (Å²) in [4.78, 5) is 98.2. The molecule has 0 aromatic heterocycles. The lowest BCUT2D eigenvalue weighted by Crippen LogP contribution is -2.69. The van der Waals surface area contributed by atoms with Crippen molar-refractivity contribution in [2.24, 2.45) is 68.0 Å². The van der Waals surface area contributed by atoms with E-state index in [1.165, 1.54) is 42.5 Å². The van der Waals surface area contributed by atoms with E-state index < -0.39 is 182 Å². The number of aliphatic hydroxyl groups is 8. The van der Waals surface area contributed by atoms with Gasteiger partial charge in [0.05, 0.1) is 42.2 Å². The molecule has 134 heavy (non-hydrogen) atoms. The van der Waals surface area contributed by atoms with Gasteiger partial charge in [0, 0.05) is 90.4 Å². The molecule has 14 aliphatic rings. The van der Waals surface area contributed by atoms with Crippen molar-refractivity contribution in [3.63, 3.8) is 0 Å². The fourth-order valence-electron chi connectivity index (χ4n) is 26.9. The number of esters is 1. The number of nitrogens with two attached hydrogens (primary N) is 2. The minimum absolute atomic E-state index is 0.0135. The lowest BCUT2D eigenvalue weighted by Gasteiger charge is -2.62. The molecule has 2 aliphatic heterocycles. The van der Waals surface area contributed by atoms with E-state index in [0.29, 0.717) is 132 Å². The van der Waals surface area contributed by atoms with E-state index in [1.54, 1.807) is 101 Å². The van der Waals surface area contributed by atoms with E-state index in [2.05, 4.69) is 0 Å². The molecule has 2 saturated heterocycles. The molecule has 708 valence electrons. The van der Waals surface area contributed by atoms with Crippen molar-refractivity contribution in [2.45, 2.75) is 222 Å². The maximum absolute atomic E-state index is 17.5. The average molecular weight is 1840 g/mol. The van der Waals surface area contributed by atoms with Crippen molar-refractivity contribution >= 4 is 58.3 Å². The van der Waals surface area contributed by atoms with Crippen molar-refractivity contribution < 1.29 is 126 Å². The van der Waals surface area contributed by atoms with E-state index in [1.807, 2.05) is 106 Å². The minimum atomic E-state index is -2.23. The molecule has 25 nitrogen and oxygen atoms in total. The van der Waals surface area contributed by atoms with Crippen LogP contribution in [0.1, 0.15) is 180 Å². The van der Waals surface area contributed by atoms with Gasteiger partial charge in [0.15, 0.2) is 81.1 Å². The van der Waals surface area contributed by atoms with E-state index in [0.717, 1.165) is 23.0 Å². The zero-order valence-electron chi connectivity index (χ0n) is 75.7. The summed E-state index contributed by atoms with van der Waals surface area (Å²) >= 11 is 0. The van der Waals surface area contributed by atoms with Crippen molar-refractivity contribution in [1.29, 1.82) is 0 Å². The average Bonchev–Trinajstić information content (AvgIpc) is 1.47. The third kappa shape index (κ3) is 14.6. The number of rotatable bonds is 17. The largest absolute Gasteiger partial charge is 0.489 e. The maximum Gasteiger partial charge on any atom is 0.343 e. The van der Waals surface area contributed by atoms with Gasteiger partial charge < -0.3 is 85.5 Å². The van der Waals surface area contributed by atoms with E-state index in [9.17, 15) is 79.2 Å². The minimum Gasteiger partial charge on any atom is -0.489 e. The number of alkyl halides is 3. The molecule has 0 unspecified atom stereocenters. The summed E-state index contributed by atoms with van der Waals surface area (Å²) in [6.45, 7) is 10.7. The number of aliphatic hydroxyl groups excluding tert-OH is 7. The zero-order valence-corrected chi connectivity index (χ0v) is 75.7. The van der Waals surface area contributed by atoms with Crippen molar-refractivity contribution in [1.82, 2.24) is 0 Å². The van der Waals surface area contributed by atoms with Gasteiger partial charge in [-0.2, -0.15) is 0 Å². The van der Waals surface area contributed by atoms with Gasteiger partial charge in [-0.3, -0.25) is 33.6 Å². The molecule has 0 bridgehead atoms. The lowest BCUT2D eigenvalue weighted by atomic mass is 9.44. The second-order valence-corrected chi connectivity index (χ2v) is 40.3. The summed E-state index contributed by atoms with van der Waals surface area (Å²) in [7, 11) is 0. The number of carbonyl (C=O) groups excluding carboxylic acids is 8. The van der Waals surface area contributed by atoms with Gasteiger partial charge in [-0.25, -0.2) is 18.0 Å². The number of ether oxygens (including phenoxy) is 7. The number of nitrogen functional groups attached to an aromatic ring is 2. The number of aryl methyl sites for hydroxylation is 1. The molecule has 9 saturated carbocycles. The number of halogens is 3. The Labute approximate surface area is 774 Å². The van der Waals surface area contributed by atoms with Crippen LogP contribution in [0.2, 0.25) is 0 Å². The highest BCUT2D eigenvalue weighted by Gasteiger charge is 2.83. The van der Waals surface area contributed by atoms with Gasteiger partial charge in [0.2, 0.25) is 0 Å². The Bertz CT molecular complexity index is 5650. The first-order chi connectivity index (χ1) is 63.6. The molecule has 2 heterocycles. The van der Waals surface area contributed by atoms with Crippen LogP contribution in [0.4, 0.5) is 24.5 Å². The predicted molar refractivity (Wildman–Crippen MR) is 483 cm³/mol. The summed E-state index contributed by atoms with van der Waals surface area (Å²) < 4.78 is 94.9. The summed E-state index contributed by atoms with van der Waals surface area (Å²) in [5.41, 5.74) is 1.91. The van der Waals surface area contributed by atoms with Crippen LogP contribution in [0.25, 0.3) is 0 Å². The predicted octanol–water partition coefficient (Wildman–Crippen LogP) is 12.7. The lowest BCUT2D eigenvalue weighted by molar-refractivity contribution is -0.231. The molecular weight excluding hydrogens is 1730 g/mol. The van der Waals surface area contributed by atoms with Gasteiger partial charge >= 0.3 is 5.97 Å². The van der Waals surface area contributed by atoms with Crippen LogP contribution in [-0.4, -0.2) is 178 Å². The molecule has 26 atom stereocenters. The quantitative estimate of drug-likeness (QED) is 0.0175. The molecule has 0 spiro atoms. The summed E-state index contributed by atoms with van der Waals surface area (Å²) in [6, 6.07) is 43.0. The highest BCUT2D eigenvalue weighted by atomic mass is 19.2. The van der Waals surface area contributed by atoms with Crippen LogP contribution in [-0.2, 0) is 60.9 Å². The molecule has 11 fully saturated rings. The fraction of sp³-hybridized carbons (Fsp3) is 0.472. The number of aldehydes is 1. The van der Waals surface area contributed by atoms with Crippen LogP contribution in [0.15, 0.2) is 217 Å². The molecule has 12 N–H and O–H groups in total. The highest BCUT2D eigenvalue weighted by molar-refractivity contribution is 6.03. The number of anilines is 2. The van der Waals surface area contributed by atoms with E-state index >= 15 is 13.2 Å². The van der Waals surface area contributed by atoms with Crippen molar-refractivity contribution in [2.75, 3.05) is 31.3 Å². The Morgan fingerprint density at radius 2 is 0.836 bits per heavy atom. The van der Waals surface area contributed by atoms with Crippen LogP contribution in [0, 0.1) is 74.9 Å². The van der Waals surface area contributed by atoms with Crippen molar-refractivity contribution in [3.8, 4) is 17.2 Å². The molecule has 6 aromatic carbocycles. The first kappa shape index (κ1) is 95.2. The topological polar surface area (TPSA) is 415 Å². The summed E-state index contributed by atoms with van der Waals surface area (Å²) in [5.74, 6) is -4.27. The first-order valence-electron chi connectivity index (χ1n) is 46.0. The van der Waals surface area contributed by atoms with E-state index in [4.69, 9.17) is 44.6 Å². The molecule has 0 radical (unpaired) electrons. The molecular formula is C106H115F3N2O23. The number of hydrogen-bond acceptors (Lipinski definition) is 25. The van der Waals surface area contributed by atoms with Gasteiger partial charge in [0.25, 0.3) is 0 Å². The monoisotopic (exact) mass is 1840 g/mol. The normalized spacial score (nSPS) is 38.9. The maximum atomic E-state index is 17.5. The Hall–Kier alpha value is -10.6. The Morgan fingerprint density at radius 3 is 1.21 bits per heavy atom. The van der Waals surface area contributed by atoms with Crippen molar-refractivity contribution in [3.05, 3.63) is 256 Å². The number of hydrogen-bond donors (Lipinski definition) is 10. The molecule has 20 rings (SSSR count). The van der Waals surface area contributed by atoms with Gasteiger partial charge in [0.1, 0.15) is 56.6 Å². The molecule has 28 heteroatoms. The molecule has 6 aromatic rings. The van der Waals surface area contributed by atoms with Crippen LogP contribution >= 0.6 is 0 Å². The second kappa shape index (κ2) is 34.9. The van der Waals surface area contributed by atoms with Crippen LogP contribution in [0.5, 0.6) is 17.2 Å². The first-order valence-corrected chi connectivity index (χ1v) is 46.0. The second-order valence-electron chi connectivity index (χ2n) is 40.3. The van der Waals surface area contributed by atoms with Gasteiger partial charge in [-0.1, -0.05) is 141 Å². The standard InChI is InChI=1S/2C35H38FNO7.C21H27FO6.C15H12O3/c2*1-32-13-12-24(39)14-22(32)10-11-26-27-16-30-35(29(41)18-38,33(27,2)17-28(40)34(26,32)36)44-31(43-30)21-8-6-20(7-9-21)19-42-25-5-3-4-23(37)15-25;1-18-6-5-12(24)7-11(18)3-4-13-14-8-15(25)21(28,17(27)10-23)19(14,2)9-16(26)20(13,18)22;1-11-3-2-4-14(9-11)18-15(17)13-7-5-12(10-16)6-8-13/h2*3-9,12-15,26-28,30-31,38,40H,10-11,16-19,37H2,1-2H3;5-7,13-16,23,25-26,28H,3-4,8-10H2,1-2H3;2-10H,1H3/t26-,27-,28-,30+,31+,32-,33-,34-,35+;26-,27-,28-,30+,31-,32-,33-,34-,35+;13-,14-,15+,16-,18-,19-,20-,21-;/m000./s1. The number of ketones is 6. The SMILES string of the molecule is C[C@]12C=CC(=O)C=C1CC[C@H]1[C@@H]3C[C@@H](O)[C@](O)(C(=O)CO)[C@@]3(C)C[C@H](O)[C@@]12F.C[C@]12C=CC(=O)C=C1CC[C@H]1[C@@H]3C[C@H]4O[C@@H](c5ccc(COc6cccc(N)c6)cc5)O[C@@]4(C(=O)CO)[C@@]3(C)C[C@H](O)[C@@]12F.C[C@]12C=CC(=O)C=C1CC[C@H]1[C@@H]3C[C@H]4O[C@H](c5ccc(COc6cccc(N)c6)cc5)O[C@@]4(C(=O)CO)[C@@]3(C)C[C@H](O)[C@@]12F.Cc1cccc(OC(=O)c2ccc(C=O)cc2)c1. The Morgan fingerprint density at radius 1 is 0.463 bits per heavy atom. The third-order valence-corrected chi connectivity index (χ3v) is 33.8. The fourth-order valence-corrected chi connectivity index (χ4v) is 26.9. The third-order valence-electron chi connectivity index (χ3n) is 33.8. The smallest absolute Gasteiger partial charge is 0.343 e. The number of Topliss-reactive ketones (excluding diaryl/α,β-unsaturated/α-hetero) is 3. The highest BCUT2D eigenvalue weighted by Crippen LogP contribution is 2.76. The number of carbonyl (C=O) groups is 8. The van der Waals surface area contributed by atoms with Gasteiger partial charge in [-0.15, -0.1) is 0 Å². The Balaban J connectivity index is 0.000000131. The molecule has 12 aliphatic carbocycles. The number of benzene rings is 6. The van der Waals surface area contributed by atoms with Crippen LogP contribution in [0.3, 0.4) is 0 Å². The van der Waals surface area contributed by atoms with Gasteiger partial charge in [-0.05, 0) is 224 Å². The molecule has 0 amide bonds. The summed E-state index contributed by atoms with van der Waals surface area (Å²) in [6.07, 6.45) is 8.11. The number of allylic oxidation sites excluding steroid dienone is 12.